The van der Waals surface area contributed by atoms with Crippen molar-refractivity contribution < 1.29 is 9.53 Å². The molecule has 2 aromatic heterocycles. The van der Waals surface area contributed by atoms with Crippen molar-refractivity contribution in [1.82, 2.24) is 24.4 Å². The van der Waals surface area contributed by atoms with Gasteiger partial charge in [-0.2, -0.15) is 5.10 Å². The van der Waals surface area contributed by atoms with Crippen LogP contribution in [0.15, 0.2) is 48.8 Å². The van der Waals surface area contributed by atoms with Gasteiger partial charge in [0.05, 0.1) is 11.9 Å². The molecule has 1 amide bonds. The largest absolute Gasteiger partial charge is 0.484 e. The molecule has 0 bridgehead atoms. The molecule has 7 nitrogen and oxygen atoms in total. The zero-order valence-electron chi connectivity index (χ0n) is 17.7. The summed E-state index contributed by atoms with van der Waals surface area (Å²) in [6.07, 6.45) is 6.71. The van der Waals surface area contributed by atoms with Crippen molar-refractivity contribution in [3.05, 3.63) is 60.0 Å². The van der Waals surface area contributed by atoms with Gasteiger partial charge in [-0.15, -0.1) is 0 Å². The van der Waals surface area contributed by atoms with Crippen molar-refractivity contribution in [2.75, 3.05) is 33.8 Å². The Morgan fingerprint density at radius 3 is 2.67 bits per heavy atom. The molecule has 0 radical (unpaired) electrons. The van der Waals surface area contributed by atoms with Crippen molar-refractivity contribution in [2.24, 2.45) is 5.92 Å². The lowest BCUT2D eigenvalue weighted by atomic mass is 9.90. The van der Waals surface area contributed by atoms with Gasteiger partial charge in [0.2, 0.25) is 0 Å². The quantitative estimate of drug-likeness (QED) is 0.603. The maximum absolute atomic E-state index is 12.5. The van der Waals surface area contributed by atoms with E-state index < -0.39 is 0 Å². The van der Waals surface area contributed by atoms with E-state index in [1.54, 1.807) is 6.20 Å². The van der Waals surface area contributed by atoms with Crippen LogP contribution in [0, 0.1) is 5.92 Å². The van der Waals surface area contributed by atoms with Crippen LogP contribution in [0.25, 0.3) is 5.65 Å². The minimum atomic E-state index is 0.0592. The summed E-state index contributed by atoms with van der Waals surface area (Å²) in [6, 6.07) is 11.4. The van der Waals surface area contributed by atoms with E-state index in [1.807, 2.05) is 52.0 Å². The Hall–Kier alpha value is -2.93. The lowest BCUT2D eigenvalue weighted by molar-refractivity contribution is -0.134. The molecule has 1 aliphatic heterocycles. The summed E-state index contributed by atoms with van der Waals surface area (Å²) in [6.45, 7) is 2.49. The topological polar surface area (TPSA) is 63.0 Å². The first-order valence-corrected chi connectivity index (χ1v) is 10.5. The fraction of sp³-hybridized carbons (Fsp3) is 0.435. The number of ether oxygens (including phenoxy) is 1. The lowest BCUT2D eigenvalue weighted by Gasteiger charge is -2.32. The molecule has 3 heterocycles. The average molecular weight is 408 g/mol. The normalized spacial score (nSPS) is 15.1. The van der Waals surface area contributed by atoms with E-state index >= 15 is 0 Å². The molecule has 0 saturated carbocycles. The van der Waals surface area contributed by atoms with E-state index in [0.717, 1.165) is 50.3 Å². The van der Waals surface area contributed by atoms with E-state index in [0.29, 0.717) is 5.92 Å². The van der Waals surface area contributed by atoms with E-state index in [9.17, 15) is 4.79 Å². The van der Waals surface area contributed by atoms with Crippen LogP contribution in [-0.2, 0) is 17.8 Å². The molecule has 158 valence electrons. The molecule has 1 fully saturated rings. The smallest absolute Gasteiger partial charge is 0.260 e. The van der Waals surface area contributed by atoms with Crippen LogP contribution >= 0.6 is 0 Å². The molecule has 30 heavy (non-hydrogen) atoms. The molecule has 4 rings (SSSR count). The summed E-state index contributed by atoms with van der Waals surface area (Å²) in [5, 5.41) is 4.50. The summed E-state index contributed by atoms with van der Waals surface area (Å²) in [7, 11) is 4.14. The zero-order chi connectivity index (χ0) is 20.9. The van der Waals surface area contributed by atoms with Crippen LogP contribution in [0.3, 0.4) is 0 Å². The Balaban J connectivity index is 1.36. The fourth-order valence-corrected chi connectivity index (χ4v) is 4.06. The molecule has 3 aromatic rings. The van der Waals surface area contributed by atoms with Crippen LogP contribution in [0.4, 0.5) is 0 Å². The maximum Gasteiger partial charge on any atom is 0.260 e. The number of fused-ring (bicyclic) bond motifs is 1. The highest BCUT2D eigenvalue weighted by atomic mass is 16.5. The van der Waals surface area contributed by atoms with Crippen LogP contribution in [0.1, 0.15) is 24.1 Å². The van der Waals surface area contributed by atoms with Crippen molar-refractivity contribution in [3.63, 3.8) is 0 Å². The first kappa shape index (κ1) is 20.3. The summed E-state index contributed by atoms with van der Waals surface area (Å²) in [5.41, 5.74) is 3.33. The van der Waals surface area contributed by atoms with E-state index in [1.165, 1.54) is 11.3 Å². The number of carbonyl (C=O) groups excluding carboxylic acids is 1. The lowest BCUT2D eigenvalue weighted by Crippen LogP contribution is -2.41. The number of hydrogen-bond acceptors (Lipinski definition) is 5. The van der Waals surface area contributed by atoms with Gasteiger partial charge in [-0.1, -0.05) is 18.2 Å². The summed E-state index contributed by atoms with van der Waals surface area (Å²) >= 11 is 0. The number of rotatable bonds is 7. The van der Waals surface area contributed by atoms with Gasteiger partial charge in [0.25, 0.3) is 5.91 Å². The summed E-state index contributed by atoms with van der Waals surface area (Å²) in [4.78, 5) is 21.1. The molecule has 0 spiro atoms. The standard InChI is InChI=1S/C23H29N5O2/c1-26(2)16-19-15-24-22-8-11-25-28(22)21(19)14-18-9-12-27(13-10-18)23(29)17-30-20-6-4-3-5-7-20/h3-8,11,15,18H,9-10,12-14,16-17H2,1-2H3. The van der Waals surface area contributed by atoms with E-state index in [-0.39, 0.29) is 12.5 Å². The third kappa shape index (κ3) is 4.79. The van der Waals surface area contributed by atoms with E-state index in [2.05, 4.69) is 29.1 Å². The molecule has 1 aromatic carbocycles. The molecular weight excluding hydrogens is 378 g/mol. The summed E-state index contributed by atoms with van der Waals surface area (Å²) in [5.74, 6) is 1.32. The first-order chi connectivity index (χ1) is 14.6. The van der Waals surface area contributed by atoms with Gasteiger partial charge in [-0.3, -0.25) is 4.79 Å². The van der Waals surface area contributed by atoms with Crippen molar-refractivity contribution in [2.45, 2.75) is 25.8 Å². The zero-order valence-corrected chi connectivity index (χ0v) is 17.7. The Morgan fingerprint density at radius 1 is 1.17 bits per heavy atom. The molecule has 1 aliphatic rings. The third-order valence-electron chi connectivity index (χ3n) is 5.64. The second-order valence-corrected chi connectivity index (χ2v) is 8.20. The van der Waals surface area contributed by atoms with Crippen LogP contribution in [0.5, 0.6) is 5.75 Å². The van der Waals surface area contributed by atoms with Crippen molar-refractivity contribution in [1.29, 1.82) is 0 Å². The number of benzene rings is 1. The summed E-state index contributed by atoms with van der Waals surface area (Å²) < 4.78 is 7.60. The number of piperidine rings is 1. The number of nitrogens with zero attached hydrogens (tertiary/aromatic N) is 5. The second-order valence-electron chi connectivity index (χ2n) is 8.20. The number of hydrogen-bond donors (Lipinski definition) is 0. The minimum Gasteiger partial charge on any atom is -0.484 e. The number of carbonyl (C=O) groups is 1. The van der Waals surface area contributed by atoms with Crippen LogP contribution < -0.4 is 4.74 Å². The minimum absolute atomic E-state index is 0.0592. The third-order valence-corrected chi connectivity index (χ3v) is 5.64. The molecule has 0 atom stereocenters. The fourth-order valence-electron chi connectivity index (χ4n) is 4.06. The van der Waals surface area contributed by atoms with Crippen molar-refractivity contribution >= 4 is 11.6 Å². The molecular formula is C23H29N5O2. The Morgan fingerprint density at radius 2 is 1.93 bits per heavy atom. The van der Waals surface area contributed by atoms with Crippen LogP contribution in [-0.4, -0.2) is 64.1 Å². The molecule has 7 heteroatoms. The van der Waals surface area contributed by atoms with E-state index in [4.69, 9.17) is 4.74 Å². The van der Waals surface area contributed by atoms with Gasteiger partial charge < -0.3 is 14.5 Å². The molecule has 0 N–H and O–H groups in total. The number of para-hydroxylation sites is 1. The number of likely N-dealkylation sites (tertiary alicyclic amines) is 1. The van der Waals surface area contributed by atoms with Crippen molar-refractivity contribution in [3.8, 4) is 5.75 Å². The van der Waals surface area contributed by atoms with Gasteiger partial charge >= 0.3 is 0 Å². The van der Waals surface area contributed by atoms with Gasteiger partial charge in [-0.05, 0) is 51.4 Å². The monoisotopic (exact) mass is 407 g/mol. The van der Waals surface area contributed by atoms with Gasteiger partial charge in [-0.25, -0.2) is 9.50 Å². The molecule has 1 saturated heterocycles. The first-order valence-electron chi connectivity index (χ1n) is 10.5. The van der Waals surface area contributed by atoms with Gasteiger partial charge in [0, 0.05) is 37.5 Å². The molecule has 0 unspecified atom stereocenters. The predicted molar refractivity (Wildman–Crippen MR) is 115 cm³/mol. The maximum atomic E-state index is 12.5. The Kier molecular flexibility index (Phi) is 6.28. The molecule has 0 aliphatic carbocycles. The SMILES string of the molecule is CN(C)Cc1cnc2ccnn2c1CC1CCN(C(=O)COc2ccccc2)CC1. The highest BCUT2D eigenvalue weighted by Gasteiger charge is 2.25. The predicted octanol–water partition coefficient (Wildman–Crippen LogP) is 2.65. The number of amides is 1. The average Bonchev–Trinajstić information content (AvgIpc) is 3.24. The number of aromatic nitrogens is 3. The highest BCUT2D eigenvalue weighted by molar-refractivity contribution is 5.77. The Labute approximate surface area is 177 Å². The van der Waals surface area contributed by atoms with Gasteiger partial charge in [0.15, 0.2) is 12.3 Å². The second kappa shape index (κ2) is 9.26. The van der Waals surface area contributed by atoms with Crippen LogP contribution in [0.2, 0.25) is 0 Å². The Bertz CT molecular complexity index is 978. The van der Waals surface area contributed by atoms with Gasteiger partial charge in [0.1, 0.15) is 5.75 Å². The highest BCUT2D eigenvalue weighted by Crippen LogP contribution is 2.24.